The molecule has 0 aliphatic rings. The Bertz CT molecular complexity index is 466. The lowest BCUT2D eigenvalue weighted by Gasteiger charge is -2.16. The molecule has 2 aromatic rings. The van der Waals surface area contributed by atoms with Crippen molar-refractivity contribution in [2.24, 2.45) is 0 Å². The van der Waals surface area contributed by atoms with Gasteiger partial charge in [0, 0.05) is 23.2 Å². The van der Waals surface area contributed by atoms with Gasteiger partial charge >= 0.3 is 0 Å². The van der Waals surface area contributed by atoms with Crippen LogP contribution in [0.25, 0.3) is 11.0 Å². The predicted octanol–water partition coefficient (Wildman–Crippen LogP) is 2.71. The van der Waals surface area contributed by atoms with Crippen LogP contribution in [0.1, 0.15) is 26.3 Å². The SMILES string of the molecule is CC(C)(C)c1coc2cc(N)ncc12. The summed E-state index contributed by atoms with van der Waals surface area (Å²) in [5.74, 6) is 0.493. The van der Waals surface area contributed by atoms with E-state index in [0.29, 0.717) is 5.82 Å². The zero-order chi connectivity index (χ0) is 10.3. The van der Waals surface area contributed by atoms with E-state index in [9.17, 15) is 0 Å². The van der Waals surface area contributed by atoms with Gasteiger partial charge in [0.05, 0.1) is 6.26 Å². The molecule has 0 saturated heterocycles. The normalized spacial score (nSPS) is 12.2. The van der Waals surface area contributed by atoms with E-state index in [4.69, 9.17) is 10.2 Å². The Kier molecular flexibility index (Phi) is 1.77. The van der Waals surface area contributed by atoms with Crippen LogP contribution < -0.4 is 5.73 Å². The molecule has 0 fully saturated rings. The summed E-state index contributed by atoms with van der Waals surface area (Å²) >= 11 is 0. The topological polar surface area (TPSA) is 52.0 Å². The summed E-state index contributed by atoms with van der Waals surface area (Å²) in [6.07, 6.45) is 3.56. The number of pyridine rings is 1. The number of anilines is 1. The number of rotatable bonds is 0. The van der Waals surface area contributed by atoms with Crippen molar-refractivity contribution >= 4 is 16.8 Å². The van der Waals surface area contributed by atoms with Crippen LogP contribution in [0.5, 0.6) is 0 Å². The lowest BCUT2D eigenvalue weighted by Crippen LogP contribution is -2.09. The first kappa shape index (κ1) is 9.06. The van der Waals surface area contributed by atoms with Crippen LogP contribution in [0, 0.1) is 0 Å². The largest absolute Gasteiger partial charge is 0.464 e. The maximum absolute atomic E-state index is 5.57. The predicted molar refractivity (Wildman–Crippen MR) is 57.1 cm³/mol. The molecule has 14 heavy (non-hydrogen) atoms. The number of furan rings is 1. The van der Waals surface area contributed by atoms with Crippen LogP contribution in [0.15, 0.2) is 22.9 Å². The van der Waals surface area contributed by atoms with Gasteiger partial charge in [0.2, 0.25) is 0 Å². The summed E-state index contributed by atoms with van der Waals surface area (Å²) in [4.78, 5) is 4.07. The molecule has 2 aromatic heterocycles. The molecule has 2 heterocycles. The van der Waals surface area contributed by atoms with Crippen LogP contribution in [-0.4, -0.2) is 4.98 Å². The summed E-state index contributed by atoms with van der Waals surface area (Å²) in [5, 5.41) is 1.05. The van der Waals surface area contributed by atoms with Crippen molar-refractivity contribution in [1.29, 1.82) is 0 Å². The van der Waals surface area contributed by atoms with Crippen LogP contribution in [-0.2, 0) is 5.41 Å². The van der Waals surface area contributed by atoms with Crippen molar-refractivity contribution in [3.05, 3.63) is 24.1 Å². The van der Waals surface area contributed by atoms with E-state index in [1.54, 1.807) is 18.5 Å². The van der Waals surface area contributed by atoms with Gasteiger partial charge in [-0.05, 0) is 5.41 Å². The summed E-state index contributed by atoms with van der Waals surface area (Å²) in [6, 6.07) is 1.75. The smallest absolute Gasteiger partial charge is 0.139 e. The third-order valence-corrected chi connectivity index (χ3v) is 2.29. The third-order valence-electron chi connectivity index (χ3n) is 2.29. The first-order chi connectivity index (χ1) is 6.48. The maximum Gasteiger partial charge on any atom is 0.139 e. The van der Waals surface area contributed by atoms with Crippen LogP contribution >= 0.6 is 0 Å². The van der Waals surface area contributed by atoms with Crippen molar-refractivity contribution in [3.8, 4) is 0 Å². The van der Waals surface area contributed by atoms with Crippen molar-refractivity contribution in [2.75, 3.05) is 5.73 Å². The lowest BCUT2D eigenvalue weighted by molar-refractivity contribution is 0.557. The zero-order valence-electron chi connectivity index (χ0n) is 8.66. The summed E-state index contributed by atoms with van der Waals surface area (Å²) in [5.41, 5.74) is 7.62. The number of aromatic nitrogens is 1. The van der Waals surface area contributed by atoms with Crippen LogP contribution in [0.2, 0.25) is 0 Å². The molecular formula is C11H14N2O. The summed E-state index contributed by atoms with van der Waals surface area (Å²) < 4.78 is 5.44. The molecule has 0 bridgehead atoms. The highest BCUT2D eigenvalue weighted by Gasteiger charge is 2.19. The molecule has 0 aliphatic carbocycles. The van der Waals surface area contributed by atoms with Gasteiger partial charge in [-0.1, -0.05) is 20.8 Å². The van der Waals surface area contributed by atoms with Crippen molar-refractivity contribution in [1.82, 2.24) is 4.98 Å². The second-order valence-electron chi connectivity index (χ2n) is 4.50. The molecule has 2 N–H and O–H groups in total. The number of nitrogen functional groups attached to an aromatic ring is 1. The fraction of sp³-hybridized carbons (Fsp3) is 0.364. The third kappa shape index (κ3) is 1.35. The van der Waals surface area contributed by atoms with Gasteiger partial charge in [-0.2, -0.15) is 0 Å². The van der Waals surface area contributed by atoms with E-state index in [0.717, 1.165) is 11.0 Å². The minimum Gasteiger partial charge on any atom is -0.464 e. The highest BCUT2D eigenvalue weighted by atomic mass is 16.3. The van der Waals surface area contributed by atoms with Gasteiger partial charge in [-0.15, -0.1) is 0 Å². The van der Waals surface area contributed by atoms with E-state index in [2.05, 4.69) is 25.8 Å². The minimum atomic E-state index is 0.0725. The molecule has 3 heteroatoms. The monoisotopic (exact) mass is 190 g/mol. The molecule has 0 saturated carbocycles. The first-order valence-electron chi connectivity index (χ1n) is 4.62. The molecule has 0 radical (unpaired) electrons. The van der Waals surface area contributed by atoms with Crippen LogP contribution in [0.4, 0.5) is 5.82 Å². The van der Waals surface area contributed by atoms with Gasteiger partial charge in [0.1, 0.15) is 11.4 Å². The van der Waals surface area contributed by atoms with Gasteiger partial charge in [0.15, 0.2) is 0 Å². The second-order valence-corrected chi connectivity index (χ2v) is 4.50. The van der Waals surface area contributed by atoms with Gasteiger partial charge in [-0.3, -0.25) is 0 Å². The second kappa shape index (κ2) is 2.74. The minimum absolute atomic E-state index is 0.0725. The van der Waals surface area contributed by atoms with Gasteiger partial charge in [0.25, 0.3) is 0 Å². The Labute approximate surface area is 82.9 Å². The average molecular weight is 190 g/mol. The van der Waals surface area contributed by atoms with Crippen molar-refractivity contribution < 1.29 is 4.42 Å². The Morgan fingerprint density at radius 3 is 2.71 bits per heavy atom. The summed E-state index contributed by atoms with van der Waals surface area (Å²) in [6.45, 7) is 6.44. The number of nitrogens with two attached hydrogens (primary N) is 1. The first-order valence-corrected chi connectivity index (χ1v) is 4.62. The molecule has 0 amide bonds. The van der Waals surface area contributed by atoms with Gasteiger partial charge in [-0.25, -0.2) is 4.98 Å². The molecule has 74 valence electrons. The van der Waals surface area contributed by atoms with E-state index in [-0.39, 0.29) is 5.41 Å². The summed E-state index contributed by atoms with van der Waals surface area (Å²) in [7, 11) is 0. The molecule has 0 unspecified atom stereocenters. The van der Waals surface area contributed by atoms with E-state index in [1.807, 2.05) is 0 Å². The number of nitrogens with zero attached hydrogens (tertiary/aromatic N) is 1. The molecule has 3 nitrogen and oxygen atoms in total. The number of hydrogen-bond acceptors (Lipinski definition) is 3. The highest BCUT2D eigenvalue weighted by molar-refractivity contribution is 5.82. The van der Waals surface area contributed by atoms with Crippen molar-refractivity contribution in [2.45, 2.75) is 26.2 Å². The standard InChI is InChI=1S/C11H14N2O/c1-11(2,3)8-6-14-9-4-10(12)13-5-7(8)9/h4-6H,1-3H3,(H2,12,13). The van der Waals surface area contributed by atoms with Crippen LogP contribution in [0.3, 0.4) is 0 Å². The Hall–Kier alpha value is -1.51. The Morgan fingerprint density at radius 2 is 2.07 bits per heavy atom. The number of hydrogen-bond donors (Lipinski definition) is 1. The lowest BCUT2D eigenvalue weighted by atomic mass is 9.87. The fourth-order valence-electron chi connectivity index (χ4n) is 1.52. The maximum atomic E-state index is 5.57. The fourth-order valence-corrected chi connectivity index (χ4v) is 1.52. The molecule has 0 aliphatic heterocycles. The molecule has 0 aromatic carbocycles. The van der Waals surface area contributed by atoms with Gasteiger partial charge < -0.3 is 10.2 Å². The average Bonchev–Trinajstić information content (AvgIpc) is 2.45. The highest BCUT2D eigenvalue weighted by Crippen LogP contribution is 2.31. The molecule has 2 rings (SSSR count). The zero-order valence-corrected chi connectivity index (χ0v) is 8.66. The van der Waals surface area contributed by atoms with E-state index in [1.165, 1.54) is 5.56 Å². The molecule has 0 spiro atoms. The molecular weight excluding hydrogens is 176 g/mol. The van der Waals surface area contributed by atoms with Crippen molar-refractivity contribution in [3.63, 3.8) is 0 Å². The van der Waals surface area contributed by atoms with E-state index >= 15 is 0 Å². The van der Waals surface area contributed by atoms with E-state index < -0.39 is 0 Å². The number of fused-ring (bicyclic) bond motifs is 1. The Balaban J connectivity index is 2.70. The quantitative estimate of drug-likeness (QED) is 0.694. The Morgan fingerprint density at radius 1 is 1.36 bits per heavy atom. The molecule has 0 atom stereocenters.